The molecule has 0 saturated carbocycles. The largest absolute Gasteiger partial charge is 0.496 e. The van der Waals surface area contributed by atoms with E-state index in [0.717, 1.165) is 5.56 Å². The van der Waals surface area contributed by atoms with Crippen LogP contribution in [0.3, 0.4) is 0 Å². The lowest BCUT2D eigenvalue weighted by Gasteiger charge is -2.08. The number of esters is 1. The molecule has 5 nitrogen and oxygen atoms in total. The van der Waals surface area contributed by atoms with E-state index in [4.69, 9.17) is 18.6 Å². The van der Waals surface area contributed by atoms with Gasteiger partial charge in [-0.2, -0.15) is 0 Å². The van der Waals surface area contributed by atoms with Crippen LogP contribution in [0.1, 0.15) is 21.9 Å². The summed E-state index contributed by atoms with van der Waals surface area (Å²) in [6.07, 6.45) is 0. The Hall–Kier alpha value is -2.27. The van der Waals surface area contributed by atoms with Gasteiger partial charge in [0.25, 0.3) is 0 Å². The van der Waals surface area contributed by atoms with E-state index in [2.05, 4.69) is 0 Å². The number of carbonyl (C=O) groups is 1. The molecule has 0 aliphatic rings. The molecule has 0 bridgehead atoms. The molecule has 0 aliphatic heterocycles. The van der Waals surface area contributed by atoms with Crippen LogP contribution in [0.2, 0.25) is 0 Å². The van der Waals surface area contributed by atoms with Crippen molar-refractivity contribution >= 4 is 5.97 Å². The van der Waals surface area contributed by atoms with Gasteiger partial charge >= 0.3 is 5.97 Å². The molecule has 2 aromatic rings. The molecular weight excluding hydrogens is 260 g/mol. The number of hydrogen-bond acceptors (Lipinski definition) is 5. The molecular formula is C15H16O5. The molecule has 5 heteroatoms. The highest BCUT2D eigenvalue weighted by molar-refractivity contribution is 5.86. The lowest BCUT2D eigenvalue weighted by molar-refractivity contribution is 0.0427. The third kappa shape index (κ3) is 3.39. The van der Waals surface area contributed by atoms with Gasteiger partial charge in [-0.05, 0) is 18.2 Å². The summed E-state index contributed by atoms with van der Waals surface area (Å²) in [5, 5.41) is 0. The predicted molar refractivity (Wildman–Crippen MR) is 71.5 cm³/mol. The van der Waals surface area contributed by atoms with E-state index in [9.17, 15) is 4.79 Å². The van der Waals surface area contributed by atoms with E-state index in [0.29, 0.717) is 18.1 Å². The fourth-order valence-electron chi connectivity index (χ4n) is 1.74. The van der Waals surface area contributed by atoms with E-state index in [-0.39, 0.29) is 12.4 Å². The number of hydrogen-bond donors (Lipinski definition) is 0. The number of methoxy groups -OCH3 is 2. The first-order valence-corrected chi connectivity index (χ1v) is 6.11. The van der Waals surface area contributed by atoms with Crippen LogP contribution in [0.5, 0.6) is 5.75 Å². The van der Waals surface area contributed by atoms with Gasteiger partial charge in [0.15, 0.2) is 0 Å². The van der Waals surface area contributed by atoms with E-state index in [1.54, 1.807) is 26.4 Å². The van der Waals surface area contributed by atoms with Crippen LogP contribution >= 0.6 is 0 Å². The molecule has 1 aromatic heterocycles. The van der Waals surface area contributed by atoms with Gasteiger partial charge in [0.2, 0.25) is 5.76 Å². The van der Waals surface area contributed by atoms with Crippen LogP contribution < -0.4 is 4.74 Å². The summed E-state index contributed by atoms with van der Waals surface area (Å²) in [6, 6.07) is 10.6. The highest BCUT2D eigenvalue weighted by Crippen LogP contribution is 2.19. The summed E-state index contributed by atoms with van der Waals surface area (Å²) in [7, 11) is 3.13. The summed E-state index contributed by atoms with van der Waals surface area (Å²) in [5.74, 6) is 0.904. The first kappa shape index (κ1) is 14.1. The summed E-state index contributed by atoms with van der Waals surface area (Å²) in [6.45, 7) is 0.447. The molecule has 0 amide bonds. The smallest absolute Gasteiger partial charge is 0.374 e. The van der Waals surface area contributed by atoms with Crippen molar-refractivity contribution in [2.45, 2.75) is 13.2 Å². The van der Waals surface area contributed by atoms with Gasteiger partial charge in [0.1, 0.15) is 24.7 Å². The highest BCUT2D eigenvalue weighted by Gasteiger charge is 2.13. The van der Waals surface area contributed by atoms with Crippen molar-refractivity contribution in [1.29, 1.82) is 0 Å². The Kier molecular flexibility index (Phi) is 4.79. The van der Waals surface area contributed by atoms with Crippen LogP contribution in [-0.4, -0.2) is 20.2 Å². The van der Waals surface area contributed by atoms with E-state index in [1.807, 2.05) is 24.3 Å². The Morgan fingerprint density at radius 1 is 1.10 bits per heavy atom. The normalized spacial score (nSPS) is 10.3. The Morgan fingerprint density at radius 2 is 1.90 bits per heavy atom. The maximum atomic E-state index is 11.8. The second-order valence-corrected chi connectivity index (χ2v) is 4.09. The summed E-state index contributed by atoms with van der Waals surface area (Å²) in [4.78, 5) is 11.8. The average Bonchev–Trinajstić information content (AvgIpc) is 2.94. The van der Waals surface area contributed by atoms with Crippen LogP contribution in [-0.2, 0) is 22.7 Å². The molecule has 0 unspecified atom stereocenters. The van der Waals surface area contributed by atoms with Gasteiger partial charge < -0.3 is 18.6 Å². The maximum absolute atomic E-state index is 11.8. The maximum Gasteiger partial charge on any atom is 0.374 e. The first-order valence-electron chi connectivity index (χ1n) is 6.11. The van der Waals surface area contributed by atoms with Crippen LogP contribution in [0.25, 0.3) is 0 Å². The van der Waals surface area contributed by atoms with Gasteiger partial charge in [-0.1, -0.05) is 18.2 Å². The first-order chi connectivity index (χ1) is 9.74. The van der Waals surface area contributed by atoms with Gasteiger partial charge in [-0.15, -0.1) is 0 Å². The van der Waals surface area contributed by atoms with Crippen LogP contribution in [0, 0.1) is 0 Å². The molecule has 0 spiro atoms. The van der Waals surface area contributed by atoms with Gasteiger partial charge in [0, 0.05) is 12.7 Å². The number of benzene rings is 1. The fraction of sp³-hybridized carbons (Fsp3) is 0.267. The van der Waals surface area contributed by atoms with Crippen molar-refractivity contribution in [2.24, 2.45) is 0 Å². The van der Waals surface area contributed by atoms with Crippen molar-refractivity contribution in [1.82, 2.24) is 0 Å². The lowest BCUT2D eigenvalue weighted by atomic mass is 10.2. The van der Waals surface area contributed by atoms with Gasteiger partial charge in [-0.25, -0.2) is 4.79 Å². The lowest BCUT2D eigenvalue weighted by Crippen LogP contribution is -2.05. The third-order valence-electron chi connectivity index (χ3n) is 2.70. The minimum absolute atomic E-state index is 0.128. The quantitative estimate of drug-likeness (QED) is 0.759. The number of furan rings is 1. The topological polar surface area (TPSA) is 57.9 Å². The summed E-state index contributed by atoms with van der Waals surface area (Å²) in [5.41, 5.74) is 0.798. The standard InChI is InChI=1S/C15H16O5/c1-17-10-12-7-8-14(20-12)15(16)19-9-11-5-3-4-6-13(11)18-2/h3-8H,9-10H2,1-2H3. The van der Waals surface area contributed by atoms with Crippen molar-refractivity contribution in [3.63, 3.8) is 0 Å². The Labute approximate surface area is 117 Å². The summed E-state index contributed by atoms with van der Waals surface area (Å²) >= 11 is 0. The zero-order valence-electron chi connectivity index (χ0n) is 11.4. The number of ether oxygens (including phenoxy) is 3. The Bertz CT molecular complexity index is 573. The molecule has 1 heterocycles. The predicted octanol–water partition coefficient (Wildman–Crippen LogP) is 2.79. The van der Waals surface area contributed by atoms with E-state index >= 15 is 0 Å². The zero-order chi connectivity index (χ0) is 14.4. The molecule has 0 fully saturated rings. The number of carbonyl (C=O) groups excluding carboxylic acids is 1. The Morgan fingerprint density at radius 3 is 2.65 bits per heavy atom. The zero-order valence-corrected chi connectivity index (χ0v) is 11.4. The highest BCUT2D eigenvalue weighted by atomic mass is 16.5. The van der Waals surface area contributed by atoms with Crippen molar-refractivity contribution in [2.75, 3.05) is 14.2 Å². The molecule has 106 valence electrons. The van der Waals surface area contributed by atoms with E-state index in [1.165, 1.54) is 0 Å². The van der Waals surface area contributed by atoms with Crippen molar-refractivity contribution in [3.8, 4) is 5.75 Å². The molecule has 0 radical (unpaired) electrons. The van der Waals surface area contributed by atoms with Gasteiger partial charge in [-0.3, -0.25) is 0 Å². The third-order valence-corrected chi connectivity index (χ3v) is 2.70. The molecule has 0 aliphatic carbocycles. The average molecular weight is 276 g/mol. The van der Waals surface area contributed by atoms with Gasteiger partial charge in [0.05, 0.1) is 7.11 Å². The Balaban J connectivity index is 1.97. The number of para-hydroxylation sites is 1. The fourth-order valence-corrected chi connectivity index (χ4v) is 1.74. The second-order valence-electron chi connectivity index (χ2n) is 4.09. The molecule has 0 N–H and O–H groups in total. The molecule has 20 heavy (non-hydrogen) atoms. The minimum Gasteiger partial charge on any atom is -0.496 e. The summed E-state index contributed by atoms with van der Waals surface area (Å²) < 4.78 is 20.6. The molecule has 0 saturated heterocycles. The second kappa shape index (κ2) is 6.77. The van der Waals surface area contributed by atoms with E-state index < -0.39 is 5.97 Å². The monoisotopic (exact) mass is 276 g/mol. The number of rotatable bonds is 6. The SMILES string of the molecule is COCc1ccc(C(=O)OCc2ccccc2OC)o1. The molecule has 2 rings (SSSR count). The van der Waals surface area contributed by atoms with Crippen molar-refractivity contribution in [3.05, 3.63) is 53.5 Å². The molecule has 0 atom stereocenters. The minimum atomic E-state index is -0.516. The molecule has 1 aromatic carbocycles. The van der Waals surface area contributed by atoms with Crippen LogP contribution in [0.4, 0.5) is 0 Å². The van der Waals surface area contributed by atoms with Crippen LogP contribution in [0.15, 0.2) is 40.8 Å². The van der Waals surface area contributed by atoms with Crippen molar-refractivity contribution < 1.29 is 23.4 Å².